The molecule has 0 amide bonds. The number of hydrogen-bond donors (Lipinski definition) is 1. The van der Waals surface area contributed by atoms with Crippen LogP contribution in [0.2, 0.25) is 0 Å². The summed E-state index contributed by atoms with van der Waals surface area (Å²) in [6.45, 7) is 4.05. The van der Waals surface area contributed by atoms with Crippen molar-refractivity contribution in [3.8, 4) is 0 Å². The fraction of sp³-hybridized carbons (Fsp3) is 1.00. The molecule has 0 aromatic rings. The van der Waals surface area contributed by atoms with Gasteiger partial charge in [-0.15, -0.1) is 0 Å². The molecule has 3 unspecified atom stereocenters. The highest BCUT2D eigenvalue weighted by Crippen LogP contribution is 2.38. The lowest BCUT2D eigenvalue weighted by atomic mass is 10.2. The van der Waals surface area contributed by atoms with Gasteiger partial charge in [0, 0.05) is 6.04 Å². The largest absolute Gasteiger partial charge is 0.379 e. The van der Waals surface area contributed by atoms with Crippen molar-refractivity contribution in [2.24, 2.45) is 5.92 Å². The van der Waals surface area contributed by atoms with Crippen molar-refractivity contribution in [1.82, 2.24) is 4.90 Å². The second kappa shape index (κ2) is 3.55. The summed E-state index contributed by atoms with van der Waals surface area (Å²) in [5.74, 6) is 0.861. The average molecular weight is 157 g/mol. The molecule has 0 aromatic carbocycles. The predicted molar refractivity (Wildman–Crippen MR) is 46.2 cm³/mol. The van der Waals surface area contributed by atoms with Crippen LogP contribution in [0.1, 0.15) is 33.1 Å². The van der Waals surface area contributed by atoms with Crippen LogP contribution in [-0.4, -0.2) is 29.3 Å². The second-order valence-electron chi connectivity index (χ2n) is 3.65. The number of nitrogens with zero attached hydrogens (tertiary/aromatic N) is 1. The highest BCUT2D eigenvalue weighted by molar-refractivity contribution is 4.93. The molecule has 1 aliphatic carbocycles. The Kier molecular flexibility index (Phi) is 2.90. The minimum atomic E-state index is -0.276. The summed E-state index contributed by atoms with van der Waals surface area (Å²) in [6, 6.07) is 0.662. The van der Waals surface area contributed by atoms with Crippen LogP contribution >= 0.6 is 0 Å². The first-order chi connectivity index (χ1) is 5.16. The number of aliphatic hydroxyl groups is 1. The maximum Gasteiger partial charge on any atom is 0.104 e. The van der Waals surface area contributed by atoms with E-state index in [1.54, 1.807) is 0 Å². The van der Waals surface area contributed by atoms with E-state index in [9.17, 15) is 5.11 Å². The van der Waals surface area contributed by atoms with Crippen molar-refractivity contribution in [3.63, 3.8) is 0 Å². The van der Waals surface area contributed by atoms with Crippen LogP contribution < -0.4 is 0 Å². The van der Waals surface area contributed by atoms with Gasteiger partial charge in [0.1, 0.15) is 6.23 Å². The lowest BCUT2D eigenvalue weighted by Crippen LogP contribution is -2.31. The third-order valence-corrected chi connectivity index (χ3v) is 2.66. The van der Waals surface area contributed by atoms with Gasteiger partial charge in [0.2, 0.25) is 0 Å². The normalized spacial score (nSPS) is 32.5. The third kappa shape index (κ3) is 2.17. The molecule has 0 spiro atoms. The lowest BCUT2D eigenvalue weighted by molar-refractivity contribution is 0.0290. The molecule has 0 aromatic heterocycles. The molecule has 1 saturated carbocycles. The van der Waals surface area contributed by atoms with Crippen molar-refractivity contribution >= 4 is 0 Å². The topological polar surface area (TPSA) is 23.5 Å². The van der Waals surface area contributed by atoms with Crippen molar-refractivity contribution < 1.29 is 5.11 Å². The van der Waals surface area contributed by atoms with E-state index in [-0.39, 0.29) is 6.23 Å². The van der Waals surface area contributed by atoms with Gasteiger partial charge in [-0.3, -0.25) is 4.90 Å². The number of aliphatic hydroxyl groups excluding tert-OH is 1. The molecule has 2 heteroatoms. The summed E-state index contributed by atoms with van der Waals surface area (Å²) in [5, 5.41) is 9.24. The molecule has 66 valence electrons. The zero-order chi connectivity index (χ0) is 8.43. The molecule has 1 rings (SSSR count). The van der Waals surface area contributed by atoms with Crippen LogP contribution in [-0.2, 0) is 0 Å². The Balaban J connectivity index is 2.20. The Bertz CT molecular complexity index is 125. The number of hydrogen-bond acceptors (Lipinski definition) is 2. The van der Waals surface area contributed by atoms with Gasteiger partial charge in [-0.2, -0.15) is 0 Å². The number of rotatable bonds is 4. The summed E-state index contributed by atoms with van der Waals surface area (Å²) in [5.41, 5.74) is 0. The van der Waals surface area contributed by atoms with Crippen LogP contribution in [0.3, 0.4) is 0 Å². The van der Waals surface area contributed by atoms with E-state index < -0.39 is 0 Å². The molecule has 0 saturated heterocycles. The molecule has 0 radical (unpaired) electrons. The monoisotopic (exact) mass is 157 g/mol. The van der Waals surface area contributed by atoms with Crippen molar-refractivity contribution in [3.05, 3.63) is 0 Å². The van der Waals surface area contributed by atoms with E-state index in [0.717, 1.165) is 5.92 Å². The molecule has 0 bridgehead atoms. The van der Waals surface area contributed by atoms with Gasteiger partial charge >= 0.3 is 0 Å². The molecule has 0 heterocycles. The van der Waals surface area contributed by atoms with Gasteiger partial charge in [0.15, 0.2) is 0 Å². The highest BCUT2D eigenvalue weighted by atomic mass is 16.3. The van der Waals surface area contributed by atoms with Gasteiger partial charge in [0.05, 0.1) is 0 Å². The molecule has 11 heavy (non-hydrogen) atoms. The summed E-state index contributed by atoms with van der Waals surface area (Å²) < 4.78 is 0. The third-order valence-electron chi connectivity index (χ3n) is 2.66. The van der Waals surface area contributed by atoms with E-state index in [4.69, 9.17) is 0 Å². The van der Waals surface area contributed by atoms with Gasteiger partial charge < -0.3 is 5.11 Å². The molecule has 2 nitrogen and oxygen atoms in total. The Morgan fingerprint density at radius 1 is 1.64 bits per heavy atom. The Labute approximate surface area is 69.2 Å². The smallest absolute Gasteiger partial charge is 0.104 e. The van der Waals surface area contributed by atoms with E-state index in [0.29, 0.717) is 6.04 Å². The van der Waals surface area contributed by atoms with E-state index in [1.165, 1.54) is 19.3 Å². The van der Waals surface area contributed by atoms with Crippen LogP contribution in [0.25, 0.3) is 0 Å². The van der Waals surface area contributed by atoms with E-state index in [2.05, 4.69) is 11.8 Å². The van der Waals surface area contributed by atoms with Crippen molar-refractivity contribution in [1.29, 1.82) is 0 Å². The minimum absolute atomic E-state index is 0.276. The molecule has 0 aliphatic heterocycles. The van der Waals surface area contributed by atoms with Gasteiger partial charge in [-0.05, 0) is 32.7 Å². The summed E-state index contributed by atoms with van der Waals surface area (Å²) >= 11 is 0. The Hall–Kier alpha value is -0.0800. The predicted octanol–water partition coefficient (Wildman–Crippen LogP) is 1.45. The summed E-state index contributed by atoms with van der Waals surface area (Å²) in [6.07, 6.45) is 3.60. The summed E-state index contributed by atoms with van der Waals surface area (Å²) in [4.78, 5) is 2.07. The average Bonchev–Trinajstić information content (AvgIpc) is 2.67. The molecule has 1 aliphatic rings. The van der Waals surface area contributed by atoms with Gasteiger partial charge in [0.25, 0.3) is 0 Å². The molecule has 1 fully saturated rings. The van der Waals surface area contributed by atoms with Crippen LogP contribution in [0.15, 0.2) is 0 Å². The lowest BCUT2D eigenvalue weighted by Gasteiger charge is -2.19. The summed E-state index contributed by atoms with van der Waals surface area (Å²) in [7, 11) is 2.00. The van der Waals surface area contributed by atoms with E-state index in [1.807, 2.05) is 14.0 Å². The first kappa shape index (κ1) is 9.01. The fourth-order valence-corrected chi connectivity index (χ4v) is 1.69. The quantitative estimate of drug-likeness (QED) is 0.624. The molecule has 1 N–H and O–H groups in total. The SMILES string of the molecule is CCCC1CC1N(C)C(C)O. The maximum absolute atomic E-state index is 9.24. The van der Waals surface area contributed by atoms with Gasteiger partial charge in [-0.25, -0.2) is 0 Å². The Morgan fingerprint density at radius 2 is 2.27 bits per heavy atom. The minimum Gasteiger partial charge on any atom is -0.379 e. The molecular formula is C9H19NO. The first-order valence-electron chi connectivity index (χ1n) is 4.56. The second-order valence-corrected chi connectivity index (χ2v) is 3.65. The zero-order valence-electron chi connectivity index (χ0n) is 7.75. The van der Waals surface area contributed by atoms with E-state index >= 15 is 0 Å². The van der Waals surface area contributed by atoms with Crippen molar-refractivity contribution in [2.75, 3.05) is 7.05 Å². The zero-order valence-corrected chi connectivity index (χ0v) is 7.75. The van der Waals surface area contributed by atoms with Gasteiger partial charge in [-0.1, -0.05) is 13.3 Å². The van der Waals surface area contributed by atoms with Crippen molar-refractivity contribution in [2.45, 2.75) is 45.4 Å². The Morgan fingerprint density at radius 3 is 2.73 bits per heavy atom. The van der Waals surface area contributed by atoms with Crippen LogP contribution in [0, 0.1) is 5.92 Å². The van der Waals surface area contributed by atoms with Crippen LogP contribution in [0.4, 0.5) is 0 Å². The standard InChI is InChI=1S/C9H19NO/c1-4-5-8-6-9(8)10(3)7(2)11/h7-9,11H,4-6H2,1-3H3. The molecular weight excluding hydrogens is 138 g/mol. The molecule has 3 atom stereocenters. The first-order valence-corrected chi connectivity index (χ1v) is 4.56. The maximum atomic E-state index is 9.24. The highest BCUT2D eigenvalue weighted by Gasteiger charge is 2.40. The van der Waals surface area contributed by atoms with Crippen LogP contribution in [0.5, 0.6) is 0 Å². The fourth-order valence-electron chi connectivity index (χ4n) is 1.69.